The highest BCUT2D eigenvalue weighted by atomic mass is 35.5. The van der Waals surface area contributed by atoms with Crippen molar-refractivity contribution < 1.29 is 4.74 Å². The van der Waals surface area contributed by atoms with Crippen LogP contribution < -0.4 is 10.1 Å². The van der Waals surface area contributed by atoms with Crippen LogP contribution in [0.4, 0.5) is 0 Å². The van der Waals surface area contributed by atoms with Crippen LogP contribution in [0.5, 0.6) is 11.5 Å². The number of nitrogens with one attached hydrogen (secondary N) is 1. The molecule has 0 aliphatic rings. The van der Waals surface area contributed by atoms with Crippen molar-refractivity contribution in [2.24, 2.45) is 0 Å². The Balaban J connectivity index is 0.00000264. The molecule has 0 aliphatic heterocycles. The van der Waals surface area contributed by atoms with Gasteiger partial charge >= 0.3 is 0 Å². The lowest BCUT2D eigenvalue weighted by molar-refractivity contribution is 0.322. The van der Waals surface area contributed by atoms with Crippen LogP contribution in [0.3, 0.4) is 0 Å². The number of likely N-dealkylation sites (N-methyl/N-ethyl adjacent to an activating group) is 2. The maximum absolute atomic E-state index is 6.19. The van der Waals surface area contributed by atoms with Crippen molar-refractivity contribution in [3.8, 4) is 11.5 Å². The molecule has 0 aromatic heterocycles. The molecule has 0 bridgehead atoms. The van der Waals surface area contributed by atoms with Crippen molar-refractivity contribution in [1.29, 1.82) is 0 Å². The summed E-state index contributed by atoms with van der Waals surface area (Å²) in [7, 11) is 4.03. The molecule has 2 aromatic carbocycles. The van der Waals surface area contributed by atoms with E-state index >= 15 is 0 Å². The third kappa shape index (κ3) is 5.87. The molecule has 0 fully saturated rings. The minimum absolute atomic E-state index is 0. The number of benzene rings is 2. The van der Waals surface area contributed by atoms with Gasteiger partial charge in [-0.05, 0) is 32.3 Å². The average molecular weight is 376 g/mol. The molecule has 0 atom stereocenters. The number of hydrogen-bond acceptors (Lipinski definition) is 3. The van der Waals surface area contributed by atoms with Crippen molar-refractivity contribution in [1.82, 2.24) is 10.2 Å². The highest BCUT2D eigenvalue weighted by Gasteiger charge is 2.10. The number of halogens is 3. The molecular formula is C17H21Cl3N2O. The van der Waals surface area contributed by atoms with Crippen molar-refractivity contribution in [2.75, 3.05) is 27.2 Å². The Labute approximate surface area is 153 Å². The molecule has 23 heavy (non-hydrogen) atoms. The normalized spacial score (nSPS) is 10.5. The molecule has 0 radical (unpaired) electrons. The molecule has 0 amide bonds. The Bertz CT molecular complexity index is 623. The first-order chi connectivity index (χ1) is 10.6. The van der Waals surface area contributed by atoms with Gasteiger partial charge in [-0.25, -0.2) is 0 Å². The Morgan fingerprint density at radius 3 is 2.48 bits per heavy atom. The molecule has 0 heterocycles. The number of ether oxygens (including phenoxy) is 1. The zero-order valence-corrected chi connectivity index (χ0v) is 15.5. The van der Waals surface area contributed by atoms with Gasteiger partial charge in [0.15, 0.2) is 0 Å². The van der Waals surface area contributed by atoms with Gasteiger partial charge in [-0.15, -0.1) is 12.4 Å². The number of hydrogen-bond donors (Lipinski definition) is 1. The summed E-state index contributed by atoms with van der Waals surface area (Å²) < 4.78 is 5.97. The molecule has 1 N–H and O–H groups in total. The molecule has 0 aliphatic carbocycles. The van der Waals surface area contributed by atoms with Crippen LogP contribution in [0.25, 0.3) is 0 Å². The summed E-state index contributed by atoms with van der Waals surface area (Å²) in [4.78, 5) is 2.23. The lowest BCUT2D eigenvalue weighted by atomic mass is 10.2. The predicted octanol–water partition coefficient (Wildman–Crippen LogP) is 4.86. The van der Waals surface area contributed by atoms with Crippen molar-refractivity contribution in [3.63, 3.8) is 0 Å². The minimum atomic E-state index is 0. The van der Waals surface area contributed by atoms with E-state index in [0.717, 1.165) is 30.9 Å². The van der Waals surface area contributed by atoms with Gasteiger partial charge in [-0.3, -0.25) is 0 Å². The standard InChI is InChI=1S/C17H20Cl2N2O.ClH/c1-20-10-11-21(2)12-13-6-3-4-8-15(13)22-16-9-5-7-14(18)17(16)19;/h3-9,20H,10-12H2,1-2H3;1H. The zero-order chi connectivity index (χ0) is 15.9. The lowest BCUT2D eigenvalue weighted by Gasteiger charge is -2.19. The van der Waals surface area contributed by atoms with E-state index in [0.29, 0.717) is 15.8 Å². The average Bonchev–Trinajstić information content (AvgIpc) is 2.51. The van der Waals surface area contributed by atoms with Crippen molar-refractivity contribution >= 4 is 35.6 Å². The third-order valence-electron chi connectivity index (χ3n) is 3.29. The fraction of sp³-hybridized carbons (Fsp3) is 0.294. The Morgan fingerprint density at radius 1 is 1.04 bits per heavy atom. The van der Waals surface area contributed by atoms with Gasteiger partial charge in [0.25, 0.3) is 0 Å². The van der Waals surface area contributed by atoms with E-state index in [2.05, 4.69) is 23.3 Å². The van der Waals surface area contributed by atoms with Gasteiger partial charge in [-0.2, -0.15) is 0 Å². The van der Waals surface area contributed by atoms with Crippen molar-refractivity contribution in [2.45, 2.75) is 6.54 Å². The maximum Gasteiger partial charge on any atom is 0.147 e. The highest BCUT2D eigenvalue weighted by molar-refractivity contribution is 6.42. The smallest absolute Gasteiger partial charge is 0.147 e. The topological polar surface area (TPSA) is 24.5 Å². The molecular weight excluding hydrogens is 355 g/mol. The summed E-state index contributed by atoms with van der Waals surface area (Å²) in [6.45, 7) is 2.71. The zero-order valence-electron chi connectivity index (χ0n) is 13.2. The van der Waals surface area contributed by atoms with Gasteiger partial charge < -0.3 is 15.0 Å². The van der Waals surface area contributed by atoms with Crippen LogP contribution in [0.15, 0.2) is 42.5 Å². The summed E-state index contributed by atoms with van der Waals surface area (Å²) in [5, 5.41) is 4.07. The van der Waals surface area contributed by atoms with E-state index in [-0.39, 0.29) is 12.4 Å². The van der Waals surface area contributed by atoms with E-state index in [4.69, 9.17) is 27.9 Å². The molecule has 6 heteroatoms. The molecule has 0 saturated heterocycles. The van der Waals surface area contributed by atoms with E-state index in [1.54, 1.807) is 6.07 Å². The molecule has 0 unspecified atom stereocenters. The van der Waals surface area contributed by atoms with Crippen LogP contribution in [0.1, 0.15) is 5.56 Å². The number of nitrogens with zero attached hydrogens (tertiary/aromatic N) is 1. The summed E-state index contributed by atoms with van der Waals surface area (Å²) in [6, 6.07) is 13.3. The van der Waals surface area contributed by atoms with Crippen LogP contribution in [-0.2, 0) is 6.54 Å². The van der Waals surface area contributed by atoms with Gasteiger partial charge in [0.05, 0.1) is 5.02 Å². The van der Waals surface area contributed by atoms with Crippen molar-refractivity contribution in [3.05, 3.63) is 58.1 Å². The van der Waals surface area contributed by atoms with E-state index < -0.39 is 0 Å². The maximum atomic E-state index is 6.19. The summed E-state index contributed by atoms with van der Waals surface area (Å²) >= 11 is 12.2. The molecule has 126 valence electrons. The second kappa shape index (κ2) is 10.0. The summed E-state index contributed by atoms with van der Waals surface area (Å²) in [5.74, 6) is 1.36. The second-order valence-corrected chi connectivity index (χ2v) is 5.89. The largest absolute Gasteiger partial charge is 0.455 e. The van der Waals surface area contributed by atoms with Gasteiger partial charge in [-0.1, -0.05) is 47.5 Å². The molecule has 2 rings (SSSR count). The second-order valence-electron chi connectivity index (χ2n) is 5.10. The summed E-state index contributed by atoms with van der Waals surface area (Å²) in [5.41, 5.74) is 1.11. The monoisotopic (exact) mass is 374 g/mol. The molecule has 0 saturated carbocycles. The van der Waals surface area contributed by atoms with Gasteiger partial charge in [0, 0.05) is 25.2 Å². The minimum Gasteiger partial charge on any atom is -0.455 e. The fourth-order valence-electron chi connectivity index (χ4n) is 2.09. The van der Waals surface area contributed by atoms with Gasteiger partial charge in [0.1, 0.15) is 16.5 Å². The predicted molar refractivity (Wildman–Crippen MR) is 100 cm³/mol. The molecule has 3 nitrogen and oxygen atoms in total. The third-order valence-corrected chi connectivity index (χ3v) is 4.09. The van der Waals surface area contributed by atoms with E-state index in [1.165, 1.54) is 0 Å². The SMILES string of the molecule is CNCCN(C)Cc1ccccc1Oc1cccc(Cl)c1Cl.Cl. The lowest BCUT2D eigenvalue weighted by Crippen LogP contribution is -2.27. The first kappa shape index (κ1) is 20.1. The van der Waals surface area contributed by atoms with Crippen LogP contribution in [-0.4, -0.2) is 32.1 Å². The Kier molecular flexibility index (Phi) is 8.74. The highest BCUT2D eigenvalue weighted by Crippen LogP contribution is 2.35. The molecule has 2 aromatic rings. The first-order valence-corrected chi connectivity index (χ1v) is 7.90. The fourth-order valence-corrected chi connectivity index (χ4v) is 2.42. The first-order valence-electron chi connectivity index (χ1n) is 7.14. The van der Waals surface area contributed by atoms with Crippen LogP contribution in [0, 0.1) is 0 Å². The Hall–Kier alpha value is -0.970. The Morgan fingerprint density at radius 2 is 1.74 bits per heavy atom. The van der Waals surface area contributed by atoms with Gasteiger partial charge in [0.2, 0.25) is 0 Å². The number of para-hydroxylation sites is 1. The summed E-state index contributed by atoms with van der Waals surface area (Å²) in [6.07, 6.45) is 0. The van der Waals surface area contributed by atoms with Crippen LogP contribution in [0.2, 0.25) is 10.0 Å². The van der Waals surface area contributed by atoms with E-state index in [1.807, 2.05) is 37.4 Å². The van der Waals surface area contributed by atoms with E-state index in [9.17, 15) is 0 Å². The van der Waals surface area contributed by atoms with Crippen LogP contribution >= 0.6 is 35.6 Å². The molecule has 0 spiro atoms. The quantitative estimate of drug-likeness (QED) is 0.748. The number of rotatable bonds is 7.